The van der Waals surface area contributed by atoms with Crippen LogP contribution in [0.3, 0.4) is 0 Å². The Kier molecular flexibility index (Phi) is 10.3. The lowest BCUT2D eigenvalue weighted by Crippen LogP contribution is -2.41. The minimum absolute atomic E-state index is 0.333. The highest BCUT2D eigenvalue weighted by Gasteiger charge is 2.51. The molecule has 236 valence electrons. The van der Waals surface area contributed by atoms with Crippen molar-refractivity contribution < 1.29 is 18.1 Å². The van der Waals surface area contributed by atoms with Crippen molar-refractivity contribution in [3.05, 3.63) is 93.5 Å². The summed E-state index contributed by atoms with van der Waals surface area (Å²) in [7, 11) is -0.353. The lowest BCUT2D eigenvalue weighted by molar-refractivity contribution is 0.00578. The third-order valence-electron chi connectivity index (χ3n) is 7.27. The molecule has 4 heterocycles. The Labute approximate surface area is 283 Å². The molecule has 6 aromatic rings. The average molecular weight is 750 g/mol. The maximum absolute atomic E-state index is 6.03. The van der Waals surface area contributed by atoms with E-state index in [0.29, 0.717) is 29.4 Å². The van der Waals surface area contributed by atoms with Crippen molar-refractivity contribution in [1.82, 2.24) is 41.0 Å². The van der Waals surface area contributed by atoms with Crippen molar-refractivity contribution in [1.29, 1.82) is 0 Å². The van der Waals surface area contributed by atoms with Crippen LogP contribution in [0.5, 0.6) is 0 Å². The van der Waals surface area contributed by atoms with E-state index in [9.17, 15) is 0 Å². The number of hydrogen-bond donors (Lipinski definition) is 1. The summed E-state index contributed by atoms with van der Waals surface area (Å²) in [6.45, 7) is 11.7. The highest BCUT2D eigenvalue weighted by Crippen LogP contribution is 2.36. The summed E-state index contributed by atoms with van der Waals surface area (Å²) in [4.78, 5) is 0. The van der Waals surface area contributed by atoms with Gasteiger partial charge in [-0.2, -0.15) is 5.21 Å². The average Bonchev–Trinajstić information content (AvgIpc) is 3.84. The van der Waals surface area contributed by atoms with Crippen LogP contribution in [0.25, 0.3) is 34.3 Å². The van der Waals surface area contributed by atoms with E-state index in [1.165, 1.54) is 0 Å². The van der Waals surface area contributed by atoms with Gasteiger partial charge in [0.15, 0.2) is 0 Å². The first kappa shape index (κ1) is 33.3. The van der Waals surface area contributed by atoms with Gasteiger partial charge in [0.2, 0.25) is 29.4 Å². The summed E-state index contributed by atoms with van der Waals surface area (Å²) in [5.41, 5.74) is 3.08. The second-order valence-corrected chi connectivity index (χ2v) is 13.0. The lowest BCUT2D eigenvalue weighted by atomic mass is 9.79. The molecule has 0 radical (unpaired) electrons. The Balaban J connectivity index is 0.000000144. The zero-order valence-electron chi connectivity index (χ0n) is 26.0. The molecule has 0 bridgehead atoms. The van der Waals surface area contributed by atoms with Crippen LogP contribution in [0, 0.1) is 13.8 Å². The van der Waals surface area contributed by atoms with Crippen molar-refractivity contribution in [2.45, 2.75) is 52.7 Å². The van der Waals surface area contributed by atoms with Crippen molar-refractivity contribution in [2.75, 3.05) is 0 Å². The first-order valence-electron chi connectivity index (χ1n) is 14.2. The highest BCUT2D eigenvalue weighted by molar-refractivity contribution is 9.10. The standard InChI is InChI=1S/C15H19BN2O3.C9H7BrN2O.C7H5BrN4/c1-10-17-18-13(19-10)11-6-8-12(9-7-11)16-20-14(2,3)15(4,5)21-16;1-6-11-12-9(13-6)7-2-4-8(10)5-3-7;8-6-3-1-5(2-4-6)7-9-11-12-10-7/h6-9H,1-5H3;2-5H,1H3;1-4H,(H,9,10,11,12). The monoisotopic (exact) mass is 748 g/mol. The fourth-order valence-electron chi connectivity index (χ4n) is 4.06. The molecule has 7 rings (SSSR count). The topological polar surface area (TPSA) is 151 Å². The Morgan fingerprint density at radius 3 is 1.41 bits per heavy atom. The molecule has 0 amide bonds. The number of aromatic nitrogens is 8. The van der Waals surface area contributed by atoms with Crippen LogP contribution in [-0.2, 0) is 9.31 Å². The molecule has 12 nitrogen and oxygen atoms in total. The molecule has 0 saturated carbocycles. The summed E-state index contributed by atoms with van der Waals surface area (Å²) >= 11 is 6.70. The number of nitrogens with one attached hydrogen (secondary N) is 1. The van der Waals surface area contributed by atoms with Gasteiger partial charge in [-0.05, 0) is 99.0 Å². The molecule has 15 heteroatoms. The van der Waals surface area contributed by atoms with Gasteiger partial charge in [0.1, 0.15) is 0 Å². The Morgan fingerprint density at radius 2 is 1.02 bits per heavy atom. The second-order valence-electron chi connectivity index (χ2n) is 11.2. The molecule has 1 N–H and O–H groups in total. The van der Waals surface area contributed by atoms with E-state index >= 15 is 0 Å². The van der Waals surface area contributed by atoms with Gasteiger partial charge in [-0.15, -0.1) is 30.6 Å². The number of nitrogens with zero attached hydrogens (tertiary/aromatic N) is 7. The van der Waals surface area contributed by atoms with E-state index < -0.39 is 0 Å². The van der Waals surface area contributed by atoms with Crippen molar-refractivity contribution in [3.63, 3.8) is 0 Å². The number of aromatic amines is 1. The van der Waals surface area contributed by atoms with Gasteiger partial charge in [0.05, 0.1) is 11.2 Å². The number of rotatable bonds is 4. The third-order valence-corrected chi connectivity index (χ3v) is 8.33. The molecule has 3 aromatic carbocycles. The summed E-state index contributed by atoms with van der Waals surface area (Å²) < 4.78 is 24.8. The van der Waals surface area contributed by atoms with Crippen molar-refractivity contribution >= 4 is 44.4 Å². The maximum atomic E-state index is 6.03. The fraction of sp³-hybridized carbons (Fsp3) is 0.258. The second kappa shape index (κ2) is 14.2. The Morgan fingerprint density at radius 1 is 0.587 bits per heavy atom. The number of halogens is 2. The van der Waals surface area contributed by atoms with Gasteiger partial charge in [-0.25, -0.2) is 0 Å². The third kappa shape index (κ3) is 8.21. The number of tetrazole rings is 1. The molecule has 1 fully saturated rings. The molecular weight excluding hydrogens is 719 g/mol. The van der Waals surface area contributed by atoms with Crippen molar-refractivity contribution in [2.24, 2.45) is 0 Å². The lowest BCUT2D eigenvalue weighted by Gasteiger charge is -2.32. The molecule has 0 aliphatic carbocycles. The fourth-order valence-corrected chi connectivity index (χ4v) is 4.59. The largest absolute Gasteiger partial charge is 0.494 e. The van der Waals surface area contributed by atoms with Crippen LogP contribution in [0.2, 0.25) is 0 Å². The number of benzene rings is 3. The Bertz CT molecular complexity index is 1830. The zero-order chi connectivity index (χ0) is 32.9. The minimum atomic E-state index is -0.353. The van der Waals surface area contributed by atoms with E-state index in [1.54, 1.807) is 13.8 Å². The van der Waals surface area contributed by atoms with E-state index in [-0.39, 0.29) is 18.3 Å². The van der Waals surface area contributed by atoms with Crippen LogP contribution < -0.4 is 5.46 Å². The summed E-state index contributed by atoms with van der Waals surface area (Å²) in [6, 6.07) is 23.3. The summed E-state index contributed by atoms with van der Waals surface area (Å²) in [5, 5.41) is 29.1. The normalized spacial score (nSPS) is 14.7. The first-order valence-corrected chi connectivity index (χ1v) is 15.8. The van der Waals surface area contributed by atoms with E-state index in [1.807, 2.05) is 100 Å². The van der Waals surface area contributed by atoms with Crippen LogP contribution in [0.15, 0.2) is 90.6 Å². The zero-order valence-corrected chi connectivity index (χ0v) is 29.2. The molecule has 0 atom stereocenters. The highest BCUT2D eigenvalue weighted by atomic mass is 79.9. The molecule has 3 aromatic heterocycles. The van der Waals surface area contributed by atoms with Crippen LogP contribution in [0.1, 0.15) is 39.5 Å². The van der Waals surface area contributed by atoms with Crippen molar-refractivity contribution in [3.8, 4) is 34.3 Å². The van der Waals surface area contributed by atoms with E-state index in [2.05, 4.69) is 72.9 Å². The molecule has 0 unspecified atom stereocenters. The predicted octanol–water partition coefficient (Wildman–Crippen LogP) is 6.78. The van der Waals surface area contributed by atoms with Crippen LogP contribution in [-0.4, -0.2) is 59.3 Å². The minimum Gasteiger partial charge on any atom is -0.421 e. The predicted molar refractivity (Wildman–Crippen MR) is 180 cm³/mol. The molecule has 46 heavy (non-hydrogen) atoms. The van der Waals surface area contributed by atoms with E-state index in [4.69, 9.17) is 18.1 Å². The quantitative estimate of drug-likeness (QED) is 0.190. The molecule has 1 aliphatic heterocycles. The molecule has 1 saturated heterocycles. The van der Waals surface area contributed by atoms with Gasteiger partial charge >= 0.3 is 7.12 Å². The number of H-pyrrole nitrogens is 1. The maximum Gasteiger partial charge on any atom is 0.494 e. The SMILES string of the molecule is Brc1ccc(-c2nn[nH]n2)cc1.Cc1nnc(-c2ccc(B3OC(C)(C)C(C)(C)O3)cc2)o1.Cc1nnc(-c2ccc(Br)cc2)o1. The number of hydrogen-bond acceptors (Lipinski definition) is 11. The van der Waals surface area contributed by atoms with Gasteiger partial charge < -0.3 is 18.1 Å². The number of aryl methyl sites for hydroxylation is 2. The summed E-state index contributed by atoms with van der Waals surface area (Å²) in [6.07, 6.45) is 0. The van der Waals surface area contributed by atoms with Gasteiger partial charge in [-0.3, -0.25) is 0 Å². The van der Waals surface area contributed by atoms with Gasteiger partial charge in [-0.1, -0.05) is 44.0 Å². The Hall–Kier alpha value is -4.05. The van der Waals surface area contributed by atoms with Gasteiger partial charge in [0, 0.05) is 39.5 Å². The van der Waals surface area contributed by atoms with E-state index in [0.717, 1.165) is 31.1 Å². The molecule has 1 aliphatic rings. The van der Waals surface area contributed by atoms with Gasteiger partial charge in [0.25, 0.3) is 0 Å². The summed E-state index contributed by atoms with van der Waals surface area (Å²) in [5.74, 6) is 2.83. The first-order chi connectivity index (χ1) is 21.9. The van der Waals surface area contributed by atoms with Crippen LogP contribution >= 0.6 is 31.9 Å². The molecular formula is C31H31BBr2N8O4. The van der Waals surface area contributed by atoms with Crippen LogP contribution in [0.4, 0.5) is 0 Å². The smallest absolute Gasteiger partial charge is 0.421 e. The molecule has 0 spiro atoms.